The minimum Gasteiger partial charge on any atom is -0.733 e. The first kappa shape index (κ1) is 12.7. The summed E-state index contributed by atoms with van der Waals surface area (Å²) in [5, 5.41) is 19.5. The Balaban J connectivity index is 2.01. The van der Waals surface area contributed by atoms with E-state index >= 15 is 0 Å². The fourth-order valence-corrected chi connectivity index (χ4v) is 2.30. The van der Waals surface area contributed by atoms with Gasteiger partial charge in [0.2, 0.25) is 0 Å². The maximum absolute atomic E-state index is 10.8. The molecular weight excluding hydrogens is 252 g/mol. The topological polar surface area (TPSA) is 50.9 Å². The number of nitrogens with zero attached hydrogens (tertiary/aromatic N) is 2. The van der Waals surface area contributed by atoms with Gasteiger partial charge in [-0.1, -0.05) is 25.1 Å². The predicted molar refractivity (Wildman–Crippen MR) is 79.8 cm³/mol. The van der Waals surface area contributed by atoms with E-state index in [9.17, 15) is 5.21 Å². The summed E-state index contributed by atoms with van der Waals surface area (Å²) >= 11 is 0. The van der Waals surface area contributed by atoms with Crippen molar-refractivity contribution in [3.8, 4) is 11.1 Å². The Morgan fingerprint density at radius 3 is 2.45 bits per heavy atom. The molecule has 0 saturated carbocycles. The standard InChI is InChI=1S/C16H15N2O2/c1-2-12-3-6-16-9-14(11-17(16)10-12)13-4-7-15(8-5-13)18(19)20/h3-11,19H,2H2,1H3/q-1. The lowest BCUT2D eigenvalue weighted by molar-refractivity contribution is 0.296. The van der Waals surface area contributed by atoms with Crippen molar-refractivity contribution in [3.63, 3.8) is 0 Å². The molecule has 20 heavy (non-hydrogen) atoms. The van der Waals surface area contributed by atoms with Crippen LogP contribution in [0, 0.1) is 5.21 Å². The van der Waals surface area contributed by atoms with Crippen molar-refractivity contribution in [2.75, 3.05) is 5.23 Å². The van der Waals surface area contributed by atoms with Gasteiger partial charge >= 0.3 is 0 Å². The minimum atomic E-state index is -0.131. The largest absolute Gasteiger partial charge is 0.733 e. The first-order valence-electron chi connectivity index (χ1n) is 6.54. The summed E-state index contributed by atoms with van der Waals surface area (Å²) in [6.07, 6.45) is 5.20. The fraction of sp³-hybridized carbons (Fsp3) is 0.125. The number of hydrogen-bond acceptors (Lipinski definition) is 3. The lowest BCUT2D eigenvalue weighted by Gasteiger charge is -2.21. The van der Waals surface area contributed by atoms with Crippen molar-refractivity contribution in [3.05, 3.63) is 65.6 Å². The third-order valence-corrected chi connectivity index (χ3v) is 3.48. The van der Waals surface area contributed by atoms with Crippen LogP contribution in [0.1, 0.15) is 12.5 Å². The number of fused-ring (bicyclic) bond motifs is 1. The average molecular weight is 267 g/mol. The first-order chi connectivity index (χ1) is 9.67. The normalized spacial score (nSPS) is 10.9. The molecule has 102 valence electrons. The average Bonchev–Trinajstić information content (AvgIpc) is 2.90. The van der Waals surface area contributed by atoms with Crippen LogP contribution in [0.3, 0.4) is 0 Å². The van der Waals surface area contributed by atoms with Crippen LogP contribution in [0.15, 0.2) is 54.9 Å². The van der Waals surface area contributed by atoms with E-state index in [1.807, 2.05) is 12.1 Å². The quantitative estimate of drug-likeness (QED) is 0.733. The lowest BCUT2D eigenvalue weighted by Crippen LogP contribution is -2.06. The third-order valence-electron chi connectivity index (χ3n) is 3.48. The maximum atomic E-state index is 10.8. The Hall–Kier alpha value is -2.30. The number of benzene rings is 1. The van der Waals surface area contributed by atoms with E-state index in [-0.39, 0.29) is 10.9 Å². The molecule has 0 radical (unpaired) electrons. The molecule has 4 heteroatoms. The van der Waals surface area contributed by atoms with Crippen LogP contribution in [-0.2, 0) is 6.42 Å². The van der Waals surface area contributed by atoms with Crippen LogP contribution in [0.25, 0.3) is 16.6 Å². The fourth-order valence-electron chi connectivity index (χ4n) is 2.30. The third kappa shape index (κ3) is 2.27. The number of anilines is 1. The van der Waals surface area contributed by atoms with Crippen molar-refractivity contribution >= 4 is 11.2 Å². The van der Waals surface area contributed by atoms with Crippen LogP contribution in [0.4, 0.5) is 5.69 Å². The molecule has 0 fully saturated rings. The van der Waals surface area contributed by atoms with E-state index in [2.05, 4.69) is 41.9 Å². The van der Waals surface area contributed by atoms with Gasteiger partial charge in [-0.05, 0) is 41.8 Å². The Morgan fingerprint density at radius 1 is 1.05 bits per heavy atom. The number of rotatable bonds is 3. The molecule has 0 atom stereocenters. The molecule has 0 amide bonds. The minimum absolute atomic E-state index is 0.131. The van der Waals surface area contributed by atoms with Gasteiger partial charge in [-0.25, -0.2) is 0 Å². The van der Waals surface area contributed by atoms with Crippen molar-refractivity contribution < 1.29 is 5.21 Å². The van der Waals surface area contributed by atoms with Crippen molar-refractivity contribution in [1.29, 1.82) is 0 Å². The van der Waals surface area contributed by atoms with Crippen molar-refractivity contribution in [2.24, 2.45) is 0 Å². The van der Waals surface area contributed by atoms with Gasteiger partial charge in [-0.3, -0.25) is 5.21 Å². The second-order valence-electron chi connectivity index (χ2n) is 4.77. The van der Waals surface area contributed by atoms with E-state index in [0.29, 0.717) is 0 Å². The van der Waals surface area contributed by atoms with Crippen LogP contribution in [-0.4, -0.2) is 9.61 Å². The first-order valence-corrected chi connectivity index (χ1v) is 6.54. The Bertz CT molecular complexity index is 730. The Kier molecular flexibility index (Phi) is 3.18. The SMILES string of the molecule is CCc1ccc2cc(-c3ccc(N([O-])O)cc3)cn2c1. The van der Waals surface area contributed by atoms with Gasteiger partial charge < -0.3 is 14.8 Å². The maximum Gasteiger partial charge on any atom is 0.0509 e. The van der Waals surface area contributed by atoms with Gasteiger partial charge in [-0.15, -0.1) is 0 Å². The molecule has 0 bridgehead atoms. The van der Waals surface area contributed by atoms with Gasteiger partial charge in [0.1, 0.15) is 0 Å². The number of aromatic nitrogens is 1. The second-order valence-corrected chi connectivity index (χ2v) is 4.77. The Morgan fingerprint density at radius 2 is 1.80 bits per heavy atom. The monoisotopic (exact) mass is 267 g/mol. The van der Waals surface area contributed by atoms with Crippen LogP contribution in [0.2, 0.25) is 0 Å². The van der Waals surface area contributed by atoms with Gasteiger partial charge in [0.05, 0.1) is 5.69 Å². The molecule has 4 nitrogen and oxygen atoms in total. The van der Waals surface area contributed by atoms with Crippen LogP contribution >= 0.6 is 0 Å². The Labute approximate surface area is 117 Å². The highest BCUT2D eigenvalue weighted by atomic mass is 16.8. The van der Waals surface area contributed by atoms with Gasteiger partial charge in [0.25, 0.3) is 0 Å². The van der Waals surface area contributed by atoms with Gasteiger partial charge in [-0.2, -0.15) is 0 Å². The molecule has 0 saturated heterocycles. The highest BCUT2D eigenvalue weighted by Crippen LogP contribution is 2.25. The zero-order chi connectivity index (χ0) is 14.1. The van der Waals surface area contributed by atoms with Crippen molar-refractivity contribution in [2.45, 2.75) is 13.3 Å². The van der Waals surface area contributed by atoms with Crippen LogP contribution in [0.5, 0.6) is 0 Å². The van der Waals surface area contributed by atoms with E-state index in [0.717, 1.165) is 23.1 Å². The van der Waals surface area contributed by atoms with Crippen molar-refractivity contribution in [1.82, 2.24) is 4.40 Å². The summed E-state index contributed by atoms with van der Waals surface area (Å²) in [7, 11) is 0. The molecule has 1 aromatic carbocycles. The van der Waals surface area contributed by atoms with Crippen LogP contribution < -0.4 is 5.23 Å². The summed E-state index contributed by atoms with van der Waals surface area (Å²) in [5.74, 6) is 0. The van der Waals surface area contributed by atoms with E-state index in [1.54, 1.807) is 12.1 Å². The highest BCUT2D eigenvalue weighted by Gasteiger charge is 2.03. The molecule has 0 aliphatic carbocycles. The molecule has 2 heterocycles. The zero-order valence-corrected chi connectivity index (χ0v) is 11.2. The van der Waals surface area contributed by atoms with E-state index in [4.69, 9.17) is 5.21 Å². The summed E-state index contributed by atoms with van der Waals surface area (Å²) in [6, 6.07) is 13.2. The molecule has 2 aromatic heterocycles. The highest BCUT2D eigenvalue weighted by molar-refractivity contribution is 5.71. The molecular formula is C16H15N2O2-. The molecule has 0 spiro atoms. The molecule has 0 aliphatic rings. The molecule has 3 aromatic rings. The molecule has 0 unspecified atom stereocenters. The van der Waals surface area contributed by atoms with E-state index in [1.165, 1.54) is 5.56 Å². The summed E-state index contributed by atoms with van der Waals surface area (Å²) in [4.78, 5) is 0. The predicted octanol–water partition coefficient (Wildman–Crippen LogP) is 3.86. The molecule has 0 aliphatic heterocycles. The summed E-state index contributed by atoms with van der Waals surface area (Å²) in [5.41, 5.74) is 4.74. The van der Waals surface area contributed by atoms with E-state index < -0.39 is 0 Å². The second kappa shape index (κ2) is 5.00. The molecule has 3 rings (SSSR count). The lowest BCUT2D eigenvalue weighted by atomic mass is 10.1. The van der Waals surface area contributed by atoms with Gasteiger partial charge in [0, 0.05) is 23.5 Å². The molecule has 1 N–H and O–H groups in total. The number of aryl methyl sites for hydroxylation is 1. The summed E-state index contributed by atoms with van der Waals surface area (Å²) in [6.45, 7) is 2.13. The smallest absolute Gasteiger partial charge is 0.0509 e. The number of hydrogen-bond donors (Lipinski definition) is 1. The zero-order valence-electron chi connectivity index (χ0n) is 11.2. The van der Waals surface area contributed by atoms with Gasteiger partial charge in [0.15, 0.2) is 0 Å². The number of pyridine rings is 1. The summed E-state index contributed by atoms with van der Waals surface area (Å²) < 4.78 is 2.11.